The Bertz CT molecular complexity index is 695. The second-order valence-corrected chi connectivity index (χ2v) is 6.23. The van der Waals surface area contributed by atoms with Crippen LogP contribution in [0.5, 0.6) is 0 Å². The number of hydrogen-bond donors (Lipinski definition) is 1. The molecular weight excluding hydrogens is 296 g/mol. The van der Waals surface area contributed by atoms with Gasteiger partial charge in [-0.2, -0.15) is 0 Å². The number of rotatable bonds is 3. The molecule has 1 aliphatic rings. The van der Waals surface area contributed by atoms with E-state index in [1.807, 2.05) is 41.5 Å². The van der Waals surface area contributed by atoms with E-state index in [9.17, 15) is 9.59 Å². The van der Waals surface area contributed by atoms with Crippen LogP contribution in [0.4, 0.5) is 11.4 Å². The maximum Gasteiger partial charge on any atom is 0.265 e. The van der Waals surface area contributed by atoms with Crippen LogP contribution < -0.4 is 10.2 Å². The first-order valence-corrected chi connectivity index (χ1v) is 8.35. The quantitative estimate of drug-likeness (QED) is 0.939. The molecule has 5 heteroatoms. The summed E-state index contributed by atoms with van der Waals surface area (Å²) < 4.78 is 0. The van der Waals surface area contributed by atoms with E-state index in [0.29, 0.717) is 11.3 Å². The van der Waals surface area contributed by atoms with Crippen LogP contribution in [0, 0.1) is 0 Å². The molecule has 1 N–H and O–H groups in total. The van der Waals surface area contributed by atoms with Crippen molar-refractivity contribution in [3.05, 3.63) is 46.2 Å². The molecule has 1 aromatic carbocycles. The topological polar surface area (TPSA) is 49.4 Å². The van der Waals surface area contributed by atoms with Gasteiger partial charge in [0.2, 0.25) is 5.91 Å². The van der Waals surface area contributed by atoms with E-state index in [4.69, 9.17) is 0 Å². The second-order valence-electron chi connectivity index (χ2n) is 5.28. The summed E-state index contributed by atoms with van der Waals surface area (Å²) >= 11 is 1.42. The highest BCUT2D eigenvalue weighted by Gasteiger charge is 2.21. The lowest BCUT2D eigenvalue weighted by Crippen LogP contribution is -2.34. The smallest absolute Gasteiger partial charge is 0.265 e. The molecule has 0 aliphatic carbocycles. The lowest BCUT2D eigenvalue weighted by molar-refractivity contribution is -0.118. The van der Waals surface area contributed by atoms with Crippen molar-refractivity contribution in [2.24, 2.45) is 0 Å². The maximum absolute atomic E-state index is 12.1. The van der Waals surface area contributed by atoms with Gasteiger partial charge in [-0.15, -0.1) is 11.3 Å². The van der Waals surface area contributed by atoms with Gasteiger partial charge in [0, 0.05) is 24.3 Å². The number of nitrogens with one attached hydrogen (secondary N) is 1. The molecule has 1 aliphatic heterocycles. The largest absolute Gasteiger partial charge is 0.321 e. The standard InChI is InChI=1S/C17H18N2O2S/c1-2-16(20)19-9-3-5-12-11-13(7-8-14(12)19)18-17(21)15-6-4-10-22-15/h4,6-8,10-11H,2-3,5,9H2,1H3,(H,18,21). The molecular formula is C17H18N2O2S. The monoisotopic (exact) mass is 314 g/mol. The lowest BCUT2D eigenvalue weighted by Gasteiger charge is -2.29. The fourth-order valence-electron chi connectivity index (χ4n) is 2.73. The third kappa shape index (κ3) is 2.90. The normalized spacial score (nSPS) is 13.6. The van der Waals surface area contributed by atoms with Crippen LogP contribution in [0.2, 0.25) is 0 Å². The molecule has 4 nitrogen and oxygen atoms in total. The summed E-state index contributed by atoms with van der Waals surface area (Å²) in [5.74, 6) is 0.0589. The Hall–Kier alpha value is -2.14. The number of nitrogens with zero attached hydrogens (tertiary/aromatic N) is 1. The molecule has 0 saturated heterocycles. The van der Waals surface area contributed by atoms with Gasteiger partial charge >= 0.3 is 0 Å². The molecule has 22 heavy (non-hydrogen) atoms. The molecule has 0 unspecified atom stereocenters. The first-order valence-electron chi connectivity index (χ1n) is 7.47. The fourth-order valence-corrected chi connectivity index (χ4v) is 3.34. The third-order valence-corrected chi connectivity index (χ3v) is 4.67. The van der Waals surface area contributed by atoms with E-state index >= 15 is 0 Å². The summed E-state index contributed by atoms with van der Waals surface area (Å²) in [5.41, 5.74) is 2.88. The van der Waals surface area contributed by atoms with Crippen LogP contribution in [-0.4, -0.2) is 18.4 Å². The van der Waals surface area contributed by atoms with Crippen LogP contribution in [0.3, 0.4) is 0 Å². The number of benzene rings is 1. The van der Waals surface area contributed by atoms with Crippen molar-refractivity contribution in [3.8, 4) is 0 Å². The molecule has 114 valence electrons. The van der Waals surface area contributed by atoms with Gasteiger partial charge in [0.05, 0.1) is 4.88 Å². The van der Waals surface area contributed by atoms with Crippen molar-refractivity contribution in [1.29, 1.82) is 0 Å². The van der Waals surface area contributed by atoms with E-state index in [2.05, 4.69) is 5.32 Å². The molecule has 3 rings (SSSR count). The number of amides is 2. The van der Waals surface area contributed by atoms with Gasteiger partial charge in [0.15, 0.2) is 0 Å². The Morgan fingerprint density at radius 2 is 2.18 bits per heavy atom. The number of fused-ring (bicyclic) bond motifs is 1. The minimum absolute atomic E-state index is 0.0905. The fraction of sp³-hybridized carbons (Fsp3) is 0.294. The summed E-state index contributed by atoms with van der Waals surface area (Å²) in [6.45, 7) is 2.66. The number of thiophene rings is 1. The SMILES string of the molecule is CCC(=O)N1CCCc2cc(NC(=O)c3cccs3)ccc21. The predicted molar refractivity (Wildman–Crippen MR) is 89.7 cm³/mol. The van der Waals surface area contributed by atoms with E-state index in [0.717, 1.165) is 36.3 Å². The second kappa shape index (κ2) is 6.32. The number of aryl methyl sites for hydroxylation is 1. The number of anilines is 2. The van der Waals surface area contributed by atoms with E-state index < -0.39 is 0 Å². The Labute approximate surface area is 133 Å². The minimum atomic E-state index is -0.0905. The van der Waals surface area contributed by atoms with Gasteiger partial charge in [0.25, 0.3) is 5.91 Å². The summed E-state index contributed by atoms with van der Waals surface area (Å²) in [6, 6.07) is 9.45. The van der Waals surface area contributed by atoms with Gasteiger partial charge in [-0.3, -0.25) is 9.59 Å². The van der Waals surface area contributed by atoms with Crippen molar-refractivity contribution >= 4 is 34.5 Å². The van der Waals surface area contributed by atoms with Crippen LogP contribution in [0.1, 0.15) is 35.0 Å². The third-order valence-electron chi connectivity index (χ3n) is 3.80. The van der Waals surface area contributed by atoms with Crippen LogP contribution in [0.15, 0.2) is 35.7 Å². The molecule has 0 spiro atoms. The highest BCUT2D eigenvalue weighted by Crippen LogP contribution is 2.30. The van der Waals surface area contributed by atoms with Crippen LogP contribution >= 0.6 is 11.3 Å². The Kier molecular flexibility index (Phi) is 4.24. The Balaban J connectivity index is 1.82. The summed E-state index contributed by atoms with van der Waals surface area (Å²) in [4.78, 5) is 26.6. The van der Waals surface area contributed by atoms with E-state index in [1.54, 1.807) is 6.07 Å². The zero-order chi connectivity index (χ0) is 15.5. The van der Waals surface area contributed by atoms with Crippen molar-refractivity contribution < 1.29 is 9.59 Å². The maximum atomic E-state index is 12.1. The molecule has 0 radical (unpaired) electrons. The van der Waals surface area contributed by atoms with Crippen LogP contribution in [0.25, 0.3) is 0 Å². The summed E-state index contributed by atoms with van der Waals surface area (Å²) in [5, 5.41) is 4.81. The van der Waals surface area contributed by atoms with Gasteiger partial charge < -0.3 is 10.2 Å². The van der Waals surface area contributed by atoms with E-state index in [-0.39, 0.29) is 11.8 Å². The zero-order valence-corrected chi connectivity index (χ0v) is 13.3. The van der Waals surface area contributed by atoms with Crippen molar-refractivity contribution in [1.82, 2.24) is 0 Å². The highest BCUT2D eigenvalue weighted by atomic mass is 32.1. The molecule has 0 fully saturated rings. The minimum Gasteiger partial charge on any atom is -0.321 e. The van der Waals surface area contributed by atoms with Crippen molar-refractivity contribution in [2.75, 3.05) is 16.8 Å². The Morgan fingerprint density at radius 3 is 2.91 bits per heavy atom. The molecule has 2 aromatic rings. The molecule has 1 aromatic heterocycles. The highest BCUT2D eigenvalue weighted by molar-refractivity contribution is 7.12. The van der Waals surface area contributed by atoms with Crippen molar-refractivity contribution in [2.45, 2.75) is 26.2 Å². The first-order chi connectivity index (χ1) is 10.7. The lowest BCUT2D eigenvalue weighted by atomic mass is 10.0. The number of hydrogen-bond acceptors (Lipinski definition) is 3. The Morgan fingerprint density at radius 1 is 1.32 bits per heavy atom. The predicted octanol–water partition coefficient (Wildman–Crippen LogP) is 3.69. The van der Waals surface area contributed by atoms with Crippen LogP contribution in [-0.2, 0) is 11.2 Å². The van der Waals surface area contributed by atoms with Gasteiger partial charge in [-0.1, -0.05) is 13.0 Å². The average molecular weight is 314 g/mol. The molecule has 2 heterocycles. The number of carbonyl (C=O) groups is 2. The first kappa shape index (κ1) is 14.8. The molecule has 0 atom stereocenters. The van der Waals surface area contributed by atoms with Gasteiger partial charge in [-0.05, 0) is 48.1 Å². The average Bonchev–Trinajstić information content (AvgIpc) is 3.08. The molecule has 2 amide bonds. The molecule has 0 bridgehead atoms. The summed E-state index contributed by atoms with van der Waals surface area (Å²) in [6.07, 6.45) is 2.41. The number of carbonyl (C=O) groups excluding carboxylic acids is 2. The zero-order valence-electron chi connectivity index (χ0n) is 12.5. The molecule has 0 saturated carbocycles. The van der Waals surface area contributed by atoms with Gasteiger partial charge in [-0.25, -0.2) is 0 Å². The summed E-state index contributed by atoms with van der Waals surface area (Å²) in [7, 11) is 0. The van der Waals surface area contributed by atoms with E-state index in [1.165, 1.54) is 11.3 Å². The van der Waals surface area contributed by atoms with Gasteiger partial charge in [0.1, 0.15) is 0 Å². The van der Waals surface area contributed by atoms with Crippen molar-refractivity contribution in [3.63, 3.8) is 0 Å².